The van der Waals surface area contributed by atoms with Crippen molar-refractivity contribution in [1.82, 2.24) is 5.43 Å². The molecule has 1 atom stereocenters. The summed E-state index contributed by atoms with van der Waals surface area (Å²) in [4.78, 5) is 0. The Bertz CT molecular complexity index is 554. The minimum absolute atomic E-state index is 0.296. The minimum Gasteiger partial charge on any atom is -0.398 e. The van der Waals surface area contributed by atoms with E-state index in [-0.39, 0.29) is 11.9 Å². The van der Waals surface area contributed by atoms with Gasteiger partial charge in [-0.3, -0.25) is 11.3 Å². The molecule has 3 nitrogen and oxygen atoms in total. The van der Waals surface area contributed by atoms with Gasteiger partial charge in [0, 0.05) is 16.3 Å². The molecule has 2 rings (SSSR count). The minimum atomic E-state index is -0.345. The van der Waals surface area contributed by atoms with Crippen molar-refractivity contribution in [3.63, 3.8) is 0 Å². The highest BCUT2D eigenvalue weighted by atomic mass is 35.5. The van der Waals surface area contributed by atoms with Crippen molar-refractivity contribution in [1.29, 1.82) is 0 Å². The van der Waals surface area contributed by atoms with E-state index in [0.717, 1.165) is 5.56 Å². The number of benzene rings is 2. The van der Waals surface area contributed by atoms with E-state index in [1.54, 1.807) is 18.2 Å². The monoisotopic (exact) mass is 279 g/mol. The molecule has 0 aromatic heterocycles. The zero-order valence-electron chi connectivity index (χ0n) is 10.2. The number of nitrogen functional groups attached to an aromatic ring is 1. The van der Waals surface area contributed by atoms with E-state index in [2.05, 4.69) is 5.43 Å². The Hall–Kier alpha value is -1.62. The van der Waals surface area contributed by atoms with E-state index in [4.69, 9.17) is 23.2 Å². The molecule has 0 amide bonds. The lowest BCUT2D eigenvalue weighted by Crippen LogP contribution is -2.30. The van der Waals surface area contributed by atoms with Crippen molar-refractivity contribution in [2.75, 3.05) is 5.73 Å². The van der Waals surface area contributed by atoms with Crippen molar-refractivity contribution in [2.24, 2.45) is 5.84 Å². The van der Waals surface area contributed by atoms with Gasteiger partial charge >= 0.3 is 0 Å². The molecule has 0 aliphatic carbocycles. The van der Waals surface area contributed by atoms with Crippen LogP contribution in [0.15, 0.2) is 42.5 Å². The number of hydrazine groups is 1. The molecule has 19 heavy (non-hydrogen) atoms. The number of anilines is 1. The number of para-hydroxylation sites is 1. The van der Waals surface area contributed by atoms with Crippen LogP contribution in [0.25, 0.3) is 0 Å². The van der Waals surface area contributed by atoms with E-state index < -0.39 is 0 Å². The number of halogens is 2. The molecule has 0 radical (unpaired) electrons. The van der Waals surface area contributed by atoms with Gasteiger partial charge in [0.2, 0.25) is 0 Å². The number of nitrogens with one attached hydrogen (secondary N) is 1. The molecule has 0 aliphatic rings. The second-order valence-corrected chi connectivity index (χ2v) is 4.66. The molecular weight excluding hydrogens is 265 g/mol. The summed E-state index contributed by atoms with van der Waals surface area (Å²) in [6, 6.07) is 11.6. The fraction of sp³-hybridized carbons (Fsp3) is 0.143. The first kappa shape index (κ1) is 13.8. The first-order valence-electron chi connectivity index (χ1n) is 5.87. The summed E-state index contributed by atoms with van der Waals surface area (Å²) in [5.74, 6) is 5.21. The molecule has 100 valence electrons. The summed E-state index contributed by atoms with van der Waals surface area (Å²) in [5, 5.41) is 0.384. The van der Waals surface area contributed by atoms with Crippen LogP contribution in [0.4, 0.5) is 10.1 Å². The smallest absolute Gasteiger partial charge is 0.127 e. The molecule has 5 heteroatoms. The van der Waals surface area contributed by atoms with Crippen LogP contribution >= 0.6 is 11.6 Å². The maximum Gasteiger partial charge on any atom is 0.127 e. The predicted octanol–water partition coefficient (Wildman–Crippen LogP) is 2.81. The molecule has 0 saturated heterocycles. The van der Waals surface area contributed by atoms with Gasteiger partial charge in [0.05, 0.1) is 6.04 Å². The fourth-order valence-corrected chi connectivity index (χ4v) is 2.26. The fourth-order valence-electron chi connectivity index (χ4n) is 2.02. The Morgan fingerprint density at radius 3 is 2.53 bits per heavy atom. The van der Waals surface area contributed by atoms with Crippen LogP contribution in [0.5, 0.6) is 0 Å². The second-order valence-electron chi connectivity index (χ2n) is 4.25. The van der Waals surface area contributed by atoms with Crippen molar-refractivity contribution in [3.8, 4) is 0 Å². The average Bonchev–Trinajstić information content (AvgIpc) is 2.40. The zero-order valence-corrected chi connectivity index (χ0v) is 11.0. The summed E-state index contributed by atoms with van der Waals surface area (Å²) in [6.45, 7) is 0. The third-order valence-corrected chi connectivity index (χ3v) is 3.40. The van der Waals surface area contributed by atoms with Crippen molar-refractivity contribution < 1.29 is 4.39 Å². The molecule has 0 bridgehead atoms. The molecule has 0 aliphatic heterocycles. The molecule has 1 unspecified atom stereocenters. The number of hydrogen-bond acceptors (Lipinski definition) is 3. The van der Waals surface area contributed by atoms with Crippen LogP contribution in [0.1, 0.15) is 17.2 Å². The van der Waals surface area contributed by atoms with Crippen LogP contribution in [0, 0.1) is 5.82 Å². The largest absolute Gasteiger partial charge is 0.398 e. The standard InChI is InChI=1S/C14H15ClFN3/c15-11-5-3-6-12(16)10(11)8-14(19-18)9-4-1-2-7-13(9)17/h1-7,14,19H,8,17-18H2. The number of nitrogens with two attached hydrogens (primary N) is 2. The quantitative estimate of drug-likeness (QED) is 0.458. The van der Waals surface area contributed by atoms with Crippen LogP contribution in [-0.4, -0.2) is 0 Å². The molecule has 2 aromatic carbocycles. The Morgan fingerprint density at radius 1 is 1.16 bits per heavy atom. The molecule has 0 heterocycles. The van der Waals surface area contributed by atoms with Crippen LogP contribution < -0.4 is 17.0 Å². The molecule has 0 saturated carbocycles. The molecule has 2 aromatic rings. The highest BCUT2D eigenvalue weighted by molar-refractivity contribution is 6.31. The topological polar surface area (TPSA) is 64.1 Å². The summed E-state index contributed by atoms with van der Waals surface area (Å²) >= 11 is 6.02. The lowest BCUT2D eigenvalue weighted by atomic mass is 9.97. The summed E-state index contributed by atoms with van der Waals surface area (Å²) in [6.07, 6.45) is 0.330. The predicted molar refractivity (Wildman–Crippen MR) is 76.0 cm³/mol. The Labute approximate surface area is 116 Å². The third-order valence-electron chi connectivity index (χ3n) is 3.04. The van der Waals surface area contributed by atoms with Gasteiger partial charge in [0.1, 0.15) is 5.82 Å². The van der Waals surface area contributed by atoms with E-state index >= 15 is 0 Å². The van der Waals surface area contributed by atoms with E-state index in [1.165, 1.54) is 6.07 Å². The highest BCUT2D eigenvalue weighted by Gasteiger charge is 2.17. The maximum atomic E-state index is 13.8. The second kappa shape index (κ2) is 6.02. The highest BCUT2D eigenvalue weighted by Crippen LogP contribution is 2.27. The van der Waals surface area contributed by atoms with Gasteiger partial charge in [-0.25, -0.2) is 4.39 Å². The average molecular weight is 280 g/mol. The lowest BCUT2D eigenvalue weighted by molar-refractivity contribution is 0.530. The van der Waals surface area contributed by atoms with Gasteiger partial charge in [0.25, 0.3) is 0 Å². The normalized spacial score (nSPS) is 12.4. The van der Waals surface area contributed by atoms with E-state index in [0.29, 0.717) is 22.7 Å². The van der Waals surface area contributed by atoms with Gasteiger partial charge in [-0.2, -0.15) is 0 Å². The first-order chi connectivity index (χ1) is 9.13. The van der Waals surface area contributed by atoms with Gasteiger partial charge < -0.3 is 5.73 Å². The van der Waals surface area contributed by atoms with Crippen LogP contribution in [0.2, 0.25) is 5.02 Å². The zero-order chi connectivity index (χ0) is 13.8. The number of hydrogen-bond donors (Lipinski definition) is 3. The SMILES string of the molecule is NNC(Cc1c(F)cccc1Cl)c1ccccc1N. The Balaban J connectivity index is 2.32. The van der Waals surface area contributed by atoms with Crippen LogP contribution in [0.3, 0.4) is 0 Å². The van der Waals surface area contributed by atoms with Crippen molar-refractivity contribution in [3.05, 3.63) is 64.4 Å². The van der Waals surface area contributed by atoms with E-state index in [1.807, 2.05) is 18.2 Å². The lowest BCUT2D eigenvalue weighted by Gasteiger charge is -2.19. The van der Waals surface area contributed by atoms with Gasteiger partial charge in [0.15, 0.2) is 0 Å². The third kappa shape index (κ3) is 3.04. The summed E-state index contributed by atoms with van der Waals surface area (Å²) < 4.78 is 13.8. The van der Waals surface area contributed by atoms with E-state index in [9.17, 15) is 4.39 Å². The Kier molecular flexibility index (Phi) is 4.37. The number of rotatable bonds is 4. The van der Waals surface area contributed by atoms with Gasteiger partial charge in [-0.15, -0.1) is 0 Å². The summed E-state index contributed by atoms with van der Waals surface area (Å²) in [5.41, 5.74) is 10.4. The maximum absolute atomic E-state index is 13.8. The van der Waals surface area contributed by atoms with Crippen molar-refractivity contribution in [2.45, 2.75) is 12.5 Å². The molecule has 0 fully saturated rings. The molecular formula is C14H15ClFN3. The Morgan fingerprint density at radius 2 is 1.89 bits per heavy atom. The van der Waals surface area contributed by atoms with Gasteiger partial charge in [-0.1, -0.05) is 35.9 Å². The van der Waals surface area contributed by atoms with Gasteiger partial charge in [-0.05, 0) is 30.2 Å². The molecule has 0 spiro atoms. The summed E-state index contributed by atoms with van der Waals surface area (Å²) in [7, 11) is 0. The first-order valence-corrected chi connectivity index (χ1v) is 6.24. The van der Waals surface area contributed by atoms with Crippen LogP contribution in [-0.2, 0) is 6.42 Å². The molecule has 5 N–H and O–H groups in total. The van der Waals surface area contributed by atoms with Crippen molar-refractivity contribution >= 4 is 17.3 Å².